The number of carbonyl (C=O) groups excluding carboxylic acids is 1. The van der Waals surface area contributed by atoms with Gasteiger partial charge in [-0.25, -0.2) is 0 Å². The van der Waals surface area contributed by atoms with Gasteiger partial charge in [0, 0.05) is 25.0 Å². The molecule has 0 spiro atoms. The fourth-order valence-electron chi connectivity index (χ4n) is 2.23. The number of amides is 1. The average molecular weight is 274 g/mol. The summed E-state index contributed by atoms with van der Waals surface area (Å²) in [5, 5.41) is 17.9. The van der Waals surface area contributed by atoms with Crippen molar-refractivity contribution in [3.63, 3.8) is 0 Å². The largest absolute Gasteiger partial charge is 0.395 e. The van der Waals surface area contributed by atoms with Crippen LogP contribution in [0.4, 0.5) is 0 Å². The van der Waals surface area contributed by atoms with E-state index in [0.29, 0.717) is 17.7 Å². The van der Waals surface area contributed by atoms with Crippen molar-refractivity contribution in [3.05, 3.63) is 29.6 Å². The lowest BCUT2D eigenvalue weighted by atomic mass is 9.90. The summed E-state index contributed by atoms with van der Waals surface area (Å²) < 4.78 is 0. The van der Waals surface area contributed by atoms with Gasteiger partial charge in [-0.1, -0.05) is 11.8 Å². The molecule has 0 bridgehead atoms. The summed E-state index contributed by atoms with van der Waals surface area (Å²) >= 11 is 0. The van der Waals surface area contributed by atoms with Gasteiger partial charge in [-0.2, -0.15) is 0 Å². The molecule has 0 unspecified atom stereocenters. The number of aromatic nitrogens is 1. The minimum absolute atomic E-state index is 0.0506. The Morgan fingerprint density at radius 1 is 1.45 bits per heavy atom. The van der Waals surface area contributed by atoms with Crippen LogP contribution in [0.25, 0.3) is 0 Å². The fourth-order valence-corrected chi connectivity index (χ4v) is 2.23. The van der Waals surface area contributed by atoms with Gasteiger partial charge in [-0.3, -0.25) is 9.78 Å². The average Bonchev–Trinajstić information content (AvgIpc) is 2.42. The zero-order valence-corrected chi connectivity index (χ0v) is 11.2. The Labute approximate surface area is 118 Å². The smallest absolute Gasteiger partial charge is 0.255 e. The van der Waals surface area contributed by atoms with Crippen LogP contribution in [0.3, 0.4) is 0 Å². The Morgan fingerprint density at radius 3 is 2.85 bits per heavy atom. The van der Waals surface area contributed by atoms with Crippen LogP contribution in [0.1, 0.15) is 35.2 Å². The third-order valence-corrected chi connectivity index (χ3v) is 3.47. The van der Waals surface area contributed by atoms with Gasteiger partial charge in [0.25, 0.3) is 5.91 Å². The van der Waals surface area contributed by atoms with Crippen molar-refractivity contribution in [1.29, 1.82) is 0 Å². The molecule has 0 radical (unpaired) electrons. The van der Waals surface area contributed by atoms with Gasteiger partial charge < -0.3 is 15.1 Å². The van der Waals surface area contributed by atoms with Crippen LogP contribution >= 0.6 is 0 Å². The number of carbonyl (C=O) groups is 1. The normalized spacial score (nSPS) is 14.1. The van der Waals surface area contributed by atoms with E-state index >= 15 is 0 Å². The maximum atomic E-state index is 12.6. The molecule has 1 aliphatic rings. The van der Waals surface area contributed by atoms with Gasteiger partial charge in [0.2, 0.25) is 0 Å². The molecule has 0 atom stereocenters. The highest BCUT2D eigenvalue weighted by Gasteiger charge is 2.29. The van der Waals surface area contributed by atoms with E-state index in [1.807, 2.05) is 0 Å². The molecule has 5 heteroatoms. The highest BCUT2D eigenvalue weighted by Crippen LogP contribution is 2.26. The second-order valence-electron chi connectivity index (χ2n) is 4.69. The molecule has 0 aliphatic heterocycles. The molecule has 2 N–H and O–H groups in total. The number of aliphatic hydroxyl groups excluding tert-OH is 2. The summed E-state index contributed by atoms with van der Waals surface area (Å²) in [5.41, 5.74) is 0.982. The zero-order valence-electron chi connectivity index (χ0n) is 11.2. The number of aliphatic hydroxyl groups is 2. The molecular formula is C15H18N2O3. The zero-order chi connectivity index (χ0) is 14.4. The fraction of sp³-hybridized carbons (Fsp3) is 0.467. The predicted octanol–water partition coefficient (Wildman–Crippen LogP) is 0.412. The van der Waals surface area contributed by atoms with Crippen LogP contribution in [0.15, 0.2) is 18.5 Å². The molecule has 5 nitrogen and oxygen atoms in total. The first-order valence-corrected chi connectivity index (χ1v) is 6.73. The molecule has 0 saturated heterocycles. The Bertz CT molecular complexity index is 529. The maximum absolute atomic E-state index is 12.6. The molecule has 1 aliphatic carbocycles. The second-order valence-corrected chi connectivity index (χ2v) is 4.69. The number of rotatable bonds is 4. The quantitative estimate of drug-likeness (QED) is 0.780. The molecule has 0 aromatic carbocycles. The summed E-state index contributed by atoms with van der Waals surface area (Å²) in [4.78, 5) is 18.3. The van der Waals surface area contributed by atoms with Gasteiger partial charge in [0.15, 0.2) is 0 Å². The Kier molecular flexibility index (Phi) is 5.10. The molecule has 106 valence electrons. The Hall–Kier alpha value is -1.90. The summed E-state index contributed by atoms with van der Waals surface area (Å²) in [7, 11) is 0. The monoisotopic (exact) mass is 274 g/mol. The van der Waals surface area contributed by atoms with Gasteiger partial charge in [0.1, 0.15) is 6.61 Å². The van der Waals surface area contributed by atoms with E-state index in [0.717, 1.165) is 19.3 Å². The minimum atomic E-state index is -0.258. The first kappa shape index (κ1) is 14.5. The third kappa shape index (κ3) is 3.16. The van der Waals surface area contributed by atoms with Crippen molar-refractivity contribution in [2.24, 2.45) is 0 Å². The summed E-state index contributed by atoms with van der Waals surface area (Å²) in [6, 6.07) is 1.84. The third-order valence-electron chi connectivity index (χ3n) is 3.47. The van der Waals surface area contributed by atoms with Crippen molar-refractivity contribution >= 4 is 5.91 Å². The Morgan fingerprint density at radius 2 is 2.25 bits per heavy atom. The molecule has 1 aromatic heterocycles. The predicted molar refractivity (Wildman–Crippen MR) is 74.0 cm³/mol. The lowest BCUT2D eigenvalue weighted by Crippen LogP contribution is -2.45. The molecule has 1 fully saturated rings. The van der Waals surface area contributed by atoms with Crippen LogP contribution in [-0.4, -0.2) is 51.8 Å². The van der Waals surface area contributed by atoms with Crippen molar-refractivity contribution in [2.45, 2.75) is 25.3 Å². The van der Waals surface area contributed by atoms with E-state index in [-0.39, 0.29) is 25.2 Å². The molecule has 1 heterocycles. The van der Waals surface area contributed by atoms with Crippen molar-refractivity contribution in [2.75, 3.05) is 19.8 Å². The lowest BCUT2D eigenvalue weighted by molar-refractivity contribution is 0.0525. The van der Waals surface area contributed by atoms with E-state index in [4.69, 9.17) is 10.2 Å². The first-order chi connectivity index (χ1) is 9.77. The summed E-state index contributed by atoms with van der Waals surface area (Å²) in [5.74, 6) is 5.15. The number of hydrogen-bond acceptors (Lipinski definition) is 4. The molecule has 2 rings (SSSR count). The minimum Gasteiger partial charge on any atom is -0.395 e. The van der Waals surface area contributed by atoms with Gasteiger partial charge in [0.05, 0.1) is 17.7 Å². The maximum Gasteiger partial charge on any atom is 0.255 e. The van der Waals surface area contributed by atoms with E-state index in [2.05, 4.69) is 16.8 Å². The summed E-state index contributed by atoms with van der Waals surface area (Å²) in [6.45, 7) is 0.0230. The second kappa shape index (κ2) is 7.04. The van der Waals surface area contributed by atoms with Crippen LogP contribution in [0.2, 0.25) is 0 Å². The SMILES string of the molecule is O=C(c1ccncc1C#CCO)N(CCO)C1CCC1. The Balaban J connectivity index is 2.26. The topological polar surface area (TPSA) is 73.7 Å². The van der Waals surface area contributed by atoms with Crippen LogP contribution in [-0.2, 0) is 0 Å². The highest BCUT2D eigenvalue weighted by atomic mass is 16.3. The van der Waals surface area contributed by atoms with Crippen molar-refractivity contribution in [1.82, 2.24) is 9.88 Å². The van der Waals surface area contributed by atoms with Crippen molar-refractivity contribution in [3.8, 4) is 11.8 Å². The van der Waals surface area contributed by atoms with Crippen LogP contribution < -0.4 is 0 Å². The van der Waals surface area contributed by atoms with E-state index in [1.165, 1.54) is 6.20 Å². The molecule has 1 aromatic rings. The van der Waals surface area contributed by atoms with E-state index < -0.39 is 0 Å². The van der Waals surface area contributed by atoms with Gasteiger partial charge in [-0.05, 0) is 25.3 Å². The van der Waals surface area contributed by atoms with E-state index in [9.17, 15) is 4.79 Å². The van der Waals surface area contributed by atoms with Gasteiger partial charge in [-0.15, -0.1) is 0 Å². The van der Waals surface area contributed by atoms with Crippen LogP contribution in [0, 0.1) is 11.8 Å². The van der Waals surface area contributed by atoms with Crippen molar-refractivity contribution < 1.29 is 15.0 Å². The molecule has 20 heavy (non-hydrogen) atoms. The van der Waals surface area contributed by atoms with Crippen LogP contribution in [0.5, 0.6) is 0 Å². The number of hydrogen-bond donors (Lipinski definition) is 2. The highest BCUT2D eigenvalue weighted by molar-refractivity contribution is 5.96. The number of nitrogens with zero attached hydrogens (tertiary/aromatic N) is 2. The molecular weight excluding hydrogens is 256 g/mol. The van der Waals surface area contributed by atoms with E-state index in [1.54, 1.807) is 17.2 Å². The lowest BCUT2D eigenvalue weighted by Gasteiger charge is -2.37. The first-order valence-electron chi connectivity index (χ1n) is 6.73. The number of pyridine rings is 1. The molecule has 1 saturated carbocycles. The molecule has 1 amide bonds. The standard InChI is InChI=1S/C15H18N2O3/c18-9-2-3-12-11-16-7-6-14(12)15(20)17(8-10-19)13-4-1-5-13/h6-7,11,13,18-19H,1,4-5,8-10H2. The van der Waals surface area contributed by atoms with Gasteiger partial charge >= 0.3 is 0 Å². The summed E-state index contributed by atoms with van der Waals surface area (Å²) in [6.07, 6.45) is 6.15.